The Bertz CT molecular complexity index is 697. The molecule has 0 aliphatic heterocycles. The molecule has 1 aliphatic rings. The van der Waals surface area contributed by atoms with Crippen molar-refractivity contribution in [1.29, 1.82) is 0 Å². The van der Waals surface area contributed by atoms with E-state index in [9.17, 15) is 9.59 Å². The molecule has 1 aromatic rings. The van der Waals surface area contributed by atoms with Crippen LogP contribution >= 0.6 is 23.2 Å². The zero-order valence-corrected chi connectivity index (χ0v) is 16.7. The van der Waals surface area contributed by atoms with Gasteiger partial charge in [0.25, 0.3) is 0 Å². The maximum absolute atomic E-state index is 12.3. The molecule has 1 aromatic carbocycles. The number of ketones is 1. The maximum atomic E-state index is 12.3. The molecule has 0 aromatic heterocycles. The number of unbranched alkanes of at least 4 members (excludes halogenated alkanes) is 1. The van der Waals surface area contributed by atoms with Gasteiger partial charge in [0.1, 0.15) is 5.76 Å². The first-order valence-electron chi connectivity index (χ1n) is 9.02. The monoisotopic (exact) mass is 398 g/mol. The van der Waals surface area contributed by atoms with E-state index >= 15 is 0 Å². The summed E-state index contributed by atoms with van der Waals surface area (Å²) in [6.45, 7) is 4.54. The topological polar surface area (TPSA) is 52.6 Å². The Morgan fingerprint density at radius 3 is 2.65 bits per heavy atom. The second-order valence-corrected chi connectivity index (χ2v) is 7.27. The van der Waals surface area contributed by atoms with E-state index in [1.54, 1.807) is 18.2 Å². The second kappa shape index (κ2) is 9.98. The molecule has 142 valence electrons. The Labute approximate surface area is 164 Å². The molecule has 0 bridgehead atoms. The number of ether oxygens (including phenoxy) is 2. The minimum atomic E-state index is -0.771. The number of carbonyl (C=O) groups is 2. The Morgan fingerprint density at radius 2 is 2.00 bits per heavy atom. The van der Waals surface area contributed by atoms with Gasteiger partial charge in [0.05, 0.1) is 17.2 Å². The summed E-state index contributed by atoms with van der Waals surface area (Å²) in [4.78, 5) is 24.3. The van der Waals surface area contributed by atoms with Crippen molar-refractivity contribution in [1.82, 2.24) is 0 Å². The highest BCUT2D eigenvalue weighted by Crippen LogP contribution is 2.36. The lowest BCUT2D eigenvalue weighted by molar-refractivity contribution is -0.113. The quantitative estimate of drug-likeness (QED) is 0.472. The minimum Gasteiger partial charge on any atom is -0.434 e. The molecule has 0 spiro atoms. The highest BCUT2D eigenvalue weighted by Gasteiger charge is 2.29. The molecule has 1 aliphatic carbocycles. The maximum Gasteiger partial charge on any atom is 0.513 e. The predicted molar refractivity (Wildman–Crippen MR) is 103 cm³/mol. The van der Waals surface area contributed by atoms with E-state index in [-0.39, 0.29) is 12.2 Å². The van der Waals surface area contributed by atoms with E-state index in [4.69, 9.17) is 32.7 Å². The Balaban J connectivity index is 2.07. The summed E-state index contributed by atoms with van der Waals surface area (Å²) >= 11 is 12.1. The van der Waals surface area contributed by atoms with Crippen LogP contribution in [0.1, 0.15) is 57.9 Å². The van der Waals surface area contributed by atoms with Gasteiger partial charge in [-0.05, 0) is 24.5 Å². The van der Waals surface area contributed by atoms with E-state index in [1.165, 1.54) is 0 Å². The number of allylic oxidation sites excluding steroid dienone is 2. The van der Waals surface area contributed by atoms with Crippen LogP contribution in [0.2, 0.25) is 10.0 Å². The second-order valence-electron chi connectivity index (χ2n) is 6.43. The van der Waals surface area contributed by atoms with E-state index in [1.807, 2.05) is 0 Å². The van der Waals surface area contributed by atoms with Crippen LogP contribution in [0.3, 0.4) is 0 Å². The number of carbonyl (C=O) groups excluding carboxylic acids is 2. The number of rotatable bonds is 8. The van der Waals surface area contributed by atoms with Crippen LogP contribution in [-0.4, -0.2) is 18.5 Å². The van der Waals surface area contributed by atoms with Crippen LogP contribution in [0.5, 0.6) is 0 Å². The predicted octanol–water partition coefficient (Wildman–Crippen LogP) is 6.44. The fourth-order valence-corrected chi connectivity index (χ4v) is 3.44. The smallest absolute Gasteiger partial charge is 0.434 e. The molecular formula is C20H24Cl2O4. The standard InChI is InChI=1S/C20H24Cl2O4/c1-3-5-6-13(4-2)12-25-20(24)26-18-10-9-17(23)19(18)15-8-7-14(21)11-16(15)22/h7-8,11,13H,3-6,9-10,12H2,1-2H3. The van der Waals surface area contributed by atoms with Crippen LogP contribution in [0.15, 0.2) is 24.0 Å². The first-order chi connectivity index (χ1) is 12.5. The van der Waals surface area contributed by atoms with Crippen molar-refractivity contribution in [3.05, 3.63) is 39.6 Å². The van der Waals surface area contributed by atoms with Crippen LogP contribution < -0.4 is 0 Å². The summed E-state index contributed by atoms with van der Waals surface area (Å²) in [5, 5.41) is 0.826. The molecule has 0 radical (unpaired) electrons. The molecule has 0 saturated heterocycles. The Kier molecular flexibility index (Phi) is 7.98. The summed E-state index contributed by atoms with van der Waals surface area (Å²) in [7, 11) is 0. The van der Waals surface area contributed by atoms with Crippen molar-refractivity contribution in [2.45, 2.75) is 52.4 Å². The highest BCUT2D eigenvalue weighted by molar-refractivity contribution is 6.38. The van der Waals surface area contributed by atoms with Crippen molar-refractivity contribution < 1.29 is 19.1 Å². The number of Topliss-reactive ketones (excluding diaryl/α,β-unsaturated/α-hetero) is 1. The zero-order valence-electron chi connectivity index (χ0n) is 15.1. The molecule has 2 rings (SSSR count). The molecule has 0 N–H and O–H groups in total. The van der Waals surface area contributed by atoms with Gasteiger partial charge in [0, 0.05) is 23.4 Å². The first-order valence-corrected chi connectivity index (χ1v) is 9.78. The van der Waals surface area contributed by atoms with Crippen molar-refractivity contribution in [2.75, 3.05) is 6.61 Å². The zero-order chi connectivity index (χ0) is 19.1. The average Bonchev–Trinajstić information content (AvgIpc) is 2.95. The summed E-state index contributed by atoms with van der Waals surface area (Å²) in [6.07, 6.45) is 4.05. The SMILES string of the molecule is CCCCC(CC)COC(=O)OC1=C(c2ccc(Cl)cc2Cl)C(=O)CC1. The van der Waals surface area contributed by atoms with Gasteiger partial charge < -0.3 is 9.47 Å². The van der Waals surface area contributed by atoms with Crippen molar-refractivity contribution >= 4 is 40.7 Å². The molecule has 1 atom stereocenters. The molecule has 0 fully saturated rings. The first kappa shape index (κ1) is 20.8. The molecule has 26 heavy (non-hydrogen) atoms. The third-order valence-corrected chi connectivity index (χ3v) is 5.07. The Hall–Kier alpha value is -1.52. The highest BCUT2D eigenvalue weighted by atomic mass is 35.5. The van der Waals surface area contributed by atoms with Crippen LogP contribution in [0.25, 0.3) is 5.57 Å². The van der Waals surface area contributed by atoms with Gasteiger partial charge in [-0.1, -0.05) is 62.4 Å². The molecule has 0 saturated carbocycles. The van der Waals surface area contributed by atoms with Crippen molar-refractivity contribution in [3.8, 4) is 0 Å². The summed E-state index contributed by atoms with van der Waals surface area (Å²) in [6, 6.07) is 4.87. The molecule has 0 heterocycles. The number of benzene rings is 1. The van der Waals surface area contributed by atoms with Gasteiger partial charge in [0.15, 0.2) is 5.78 Å². The van der Waals surface area contributed by atoms with E-state index in [2.05, 4.69) is 13.8 Å². The Morgan fingerprint density at radius 1 is 1.23 bits per heavy atom. The average molecular weight is 399 g/mol. The normalized spacial score (nSPS) is 15.3. The molecule has 0 amide bonds. The summed E-state index contributed by atoms with van der Waals surface area (Å²) in [5.41, 5.74) is 0.859. The fraction of sp³-hybridized carbons (Fsp3) is 0.500. The number of hydrogen-bond acceptors (Lipinski definition) is 4. The molecule has 1 unspecified atom stereocenters. The number of hydrogen-bond donors (Lipinski definition) is 0. The van der Waals surface area contributed by atoms with E-state index in [0.29, 0.717) is 45.9 Å². The van der Waals surface area contributed by atoms with Gasteiger partial charge in [-0.2, -0.15) is 0 Å². The van der Waals surface area contributed by atoms with Gasteiger partial charge >= 0.3 is 6.16 Å². The van der Waals surface area contributed by atoms with Crippen molar-refractivity contribution in [3.63, 3.8) is 0 Å². The van der Waals surface area contributed by atoms with Crippen LogP contribution in [-0.2, 0) is 14.3 Å². The van der Waals surface area contributed by atoms with Crippen LogP contribution in [0.4, 0.5) is 4.79 Å². The van der Waals surface area contributed by atoms with Crippen LogP contribution in [0, 0.1) is 5.92 Å². The number of halogens is 2. The van der Waals surface area contributed by atoms with E-state index < -0.39 is 6.16 Å². The van der Waals surface area contributed by atoms with Crippen molar-refractivity contribution in [2.24, 2.45) is 5.92 Å². The lowest BCUT2D eigenvalue weighted by Gasteiger charge is -2.15. The largest absolute Gasteiger partial charge is 0.513 e. The fourth-order valence-electron chi connectivity index (χ4n) is 2.94. The third-order valence-electron chi connectivity index (χ3n) is 4.52. The van der Waals surface area contributed by atoms with E-state index in [0.717, 1.165) is 25.7 Å². The lowest BCUT2D eigenvalue weighted by atomic mass is 10.0. The minimum absolute atomic E-state index is 0.105. The molecule has 4 nitrogen and oxygen atoms in total. The molecular weight excluding hydrogens is 375 g/mol. The summed E-state index contributed by atoms with van der Waals surface area (Å²) in [5.74, 6) is 0.532. The van der Waals surface area contributed by atoms with Gasteiger partial charge in [-0.15, -0.1) is 0 Å². The van der Waals surface area contributed by atoms with Gasteiger partial charge in [0.2, 0.25) is 0 Å². The van der Waals surface area contributed by atoms with Gasteiger partial charge in [-0.25, -0.2) is 4.79 Å². The lowest BCUT2D eigenvalue weighted by Crippen LogP contribution is -2.15. The third kappa shape index (κ3) is 5.49. The molecule has 6 heteroatoms. The van der Waals surface area contributed by atoms with Gasteiger partial charge in [-0.3, -0.25) is 4.79 Å². The summed E-state index contributed by atoms with van der Waals surface area (Å²) < 4.78 is 10.6.